The van der Waals surface area contributed by atoms with E-state index in [4.69, 9.17) is 4.84 Å². The highest BCUT2D eigenvalue weighted by Gasteiger charge is 2.27. The summed E-state index contributed by atoms with van der Waals surface area (Å²) in [6, 6.07) is 15.8. The van der Waals surface area contributed by atoms with E-state index in [0.29, 0.717) is 24.4 Å². The topological polar surface area (TPSA) is 41.9 Å². The maximum atomic E-state index is 13.2. The number of oxime groups is 1. The van der Waals surface area contributed by atoms with Gasteiger partial charge in [-0.15, -0.1) is 11.3 Å². The first kappa shape index (κ1) is 19.3. The van der Waals surface area contributed by atoms with Gasteiger partial charge in [0.25, 0.3) is 5.91 Å². The fourth-order valence-corrected chi connectivity index (χ4v) is 3.86. The van der Waals surface area contributed by atoms with Gasteiger partial charge in [0.1, 0.15) is 11.6 Å². The fourth-order valence-electron chi connectivity index (χ4n) is 3.17. The van der Waals surface area contributed by atoms with Crippen molar-refractivity contribution in [3.8, 4) is 0 Å². The van der Waals surface area contributed by atoms with Gasteiger partial charge in [-0.05, 0) is 46.8 Å². The first-order chi connectivity index (χ1) is 14.1. The number of nitrogens with zero attached hydrogens (tertiary/aromatic N) is 2. The van der Waals surface area contributed by atoms with Gasteiger partial charge in [-0.3, -0.25) is 4.79 Å². The van der Waals surface area contributed by atoms with E-state index in [9.17, 15) is 13.6 Å². The van der Waals surface area contributed by atoms with Crippen molar-refractivity contribution in [2.24, 2.45) is 5.16 Å². The standard InChI is InChI=1S/C22H18F2N2O2S/c23-17-7-3-15(4-8-17)13-26(22(27)21-2-1-11-29-21)14-19-12-20(25-28-19)16-5-9-18(24)10-6-16/h1-11,19H,12-14H2/t19-/m1/s1. The molecule has 1 amide bonds. The maximum Gasteiger partial charge on any atom is 0.264 e. The average Bonchev–Trinajstić information content (AvgIpc) is 3.41. The molecule has 0 saturated heterocycles. The van der Waals surface area contributed by atoms with Crippen LogP contribution in [0.3, 0.4) is 0 Å². The molecule has 0 radical (unpaired) electrons. The van der Waals surface area contributed by atoms with E-state index >= 15 is 0 Å². The molecule has 0 aliphatic carbocycles. The van der Waals surface area contributed by atoms with Crippen molar-refractivity contribution >= 4 is 23.0 Å². The second kappa shape index (κ2) is 8.53. The van der Waals surface area contributed by atoms with E-state index in [-0.39, 0.29) is 23.6 Å². The molecule has 0 N–H and O–H groups in total. The molecular formula is C22H18F2N2O2S. The largest absolute Gasteiger partial charge is 0.390 e. The zero-order chi connectivity index (χ0) is 20.2. The predicted molar refractivity (Wildman–Crippen MR) is 108 cm³/mol. The summed E-state index contributed by atoms with van der Waals surface area (Å²) in [4.78, 5) is 20.8. The van der Waals surface area contributed by atoms with Crippen molar-refractivity contribution < 1.29 is 18.4 Å². The van der Waals surface area contributed by atoms with Gasteiger partial charge in [-0.1, -0.05) is 35.5 Å². The molecule has 0 unspecified atom stereocenters. The third kappa shape index (κ3) is 4.68. The molecule has 4 nitrogen and oxygen atoms in total. The van der Waals surface area contributed by atoms with E-state index < -0.39 is 0 Å². The Morgan fingerprint density at radius 3 is 2.41 bits per heavy atom. The van der Waals surface area contributed by atoms with Crippen LogP contribution in [0.15, 0.2) is 71.2 Å². The van der Waals surface area contributed by atoms with E-state index in [1.165, 1.54) is 35.6 Å². The van der Waals surface area contributed by atoms with Crippen molar-refractivity contribution in [1.82, 2.24) is 4.90 Å². The second-order valence-corrected chi connectivity index (χ2v) is 7.71. The average molecular weight is 412 g/mol. The molecular weight excluding hydrogens is 394 g/mol. The summed E-state index contributed by atoms with van der Waals surface area (Å²) in [5.41, 5.74) is 2.35. The first-order valence-corrected chi connectivity index (χ1v) is 10.0. The highest BCUT2D eigenvalue weighted by atomic mass is 32.1. The summed E-state index contributed by atoms with van der Waals surface area (Å²) in [5, 5.41) is 5.97. The molecule has 1 aromatic heterocycles. The minimum absolute atomic E-state index is 0.108. The quantitative estimate of drug-likeness (QED) is 0.580. The van der Waals surface area contributed by atoms with Crippen LogP contribution in [0.25, 0.3) is 0 Å². The number of carbonyl (C=O) groups is 1. The number of halogens is 2. The van der Waals surface area contributed by atoms with E-state index in [0.717, 1.165) is 16.8 Å². The lowest BCUT2D eigenvalue weighted by molar-refractivity contribution is 0.0408. The molecule has 2 aromatic carbocycles. The number of carbonyl (C=O) groups excluding carboxylic acids is 1. The molecule has 7 heteroatoms. The van der Waals surface area contributed by atoms with Crippen LogP contribution in [-0.2, 0) is 11.4 Å². The lowest BCUT2D eigenvalue weighted by Crippen LogP contribution is -2.37. The SMILES string of the molecule is O=C(c1cccs1)N(Cc1ccc(F)cc1)C[C@H]1CC(c2ccc(F)cc2)=NO1. The Bertz CT molecular complexity index is 1000. The van der Waals surface area contributed by atoms with Crippen LogP contribution < -0.4 is 0 Å². The molecule has 0 bridgehead atoms. The predicted octanol–water partition coefficient (Wildman–Crippen LogP) is 4.86. The number of hydrogen-bond donors (Lipinski definition) is 0. The van der Waals surface area contributed by atoms with Gasteiger partial charge in [0.05, 0.1) is 17.1 Å². The second-order valence-electron chi connectivity index (χ2n) is 6.77. The normalized spacial score (nSPS) is 15.7. The van der Waals surface area contributed by atoms with Crippen LogP contribution in [0.1, 0.15) is 27.2 Å². The Hall–Kier alpha value is -3.06. The van der Waals surface area contributed by atoms with Crippen LogP contribution >= 0.6 is 11.3 Å². The van der Waals surface area contributed by atoms with Gasteiger partial charge in [-0.25, -0.2) is 8.78 Å². The highest BCUT2D eigenvalue weighted by Crippen LogP contribution is 2.21. The number of rotatable bonds is 6. The number of amides is 1. The zero-order valence-corrected chi connectivity index (χ0v) is 16.2. The van der Waals surface area contributed by atoms with Crippen molar-refractivity contribution in [2.45, 2.75) is 19.1 Å². The molecule has 1 atom stereocenters. The van der Waals surface area contributed by atoms with Crippen LogP contribution in [0.4, 0.5) is 8.78 Å². The molecule has 1 aliphatic heterocycles. The van der Waals surface area contributed by atoms with Crippen LogP contribution in [0.5, 0.6) is 0 Å². The third-order valence-electron chi connectivity index (χ3n) is 4.64. The summed E-state index contributed by atoms with van der Waals surface area (Å²) in [6.45, 7) is 0.672. The minimum Gasteiger partial charge on any atom is -0.390 e. The summed E-state index contributed by atoms with van der Waals surface area (Å²) >= 11 is 1.37. The molecule has 148 valence electrons. The fraction of sp³-hybridized carbons (Fsp3) is 0.182. The van der Waals surface area contributed by atoms with Crippen LogP contribution in [0.2, 0.25) is 0 Å². The number of thiophene rings is 1. The Morgan fingerprint density at radius 2 is 1.76 bits per heavy atom. The summed E-state index contributed by atoms with van der Waals surface area (Å²) in [6.07, 6.45) is 0.211. The maximum absolute atomic E-state index is 13.2. The van der Waals surface area contributed by atoms with Crippen molar-refractivity contribution in [1.29, 1.82) is 0 Å². The lowest BCUT2D eigenvalue weighted by Gasteiger charge is -2.24. The number of hydrogen-bond acceptors (Lipinski definition) is 4. The van der Waals surface area contributed by atoms with E-state index in [1.807, 2.05) is 11.4 Å². The van der Waals surface area contributed by atoms with Crippen LogP contribution in [-0.4, -0.2) is 29.2 Å². The van der Waals surface area contributed by atoms with Crippen LogP contribution in [0, 0.1) is 11.6 Å². The monoisotopic (exact) mass is 412 g/mol. The van der Waals surface area contributed by atoms with Gasteiger partial charge < -0.3 is 9.74 Å². The molecule has 0 spiro atoms. The smallest absolute Gasteiger partial charge is 0.264 e. The molecule has 0 fully saturated rings. The lowest BCUT2D eigenvalue weighted by atomic mass is 10.0. The molecule has 1 aliphatic rings. The molecule has 29 heavy (non-hydrogen) atoms. The van der Waals surface area contributed by atoms with Crippen molar-refractivity contribution in [2.75, 3.05) is 6.54 Å². The summed E-state index contributed by atoms with van der Waals surface area (Å²) < 4.78 is 26.4. The summed E-state index contributed by atoms with van der Waals surface area (Å²) in [7, 11) is 0. The van der Waals surface area contributed by atoms with Crippen molar-refractivity contribution in [3.63, 3.8) is 0 Å². The Morgan fingerprint density at radius 1 is 1.07 bits per heavy atom. The summed E-state index contributed by atoms with van der Waals surface area (Å²) in [5.74, 6) is -0.735. The molecule has 3 aromatic rings. The Kier molecular flexibility index (Phi) is 5.67. The van der Waals surface area contributed by atoms with Gasteiger partial charge in [0.15, 0.2) is 6.10 Å². The Balaban J connectivity index is 1.47. The van der Waals surface area contributed by atoms with Gasteiger partial charge >= 0.3 is 0 Å². The zero-order valence-electron chi connectivity index (χ0n) is 15.4. The minimum atomic E-state index is -0.318. The van der Waals surface area contributed by atoms with E-state index in [1.54, 1.807) is 35.2 Å². The van der Waals surface area contributed by atoms with Crippen molar-refractivity contribution in [3.05, 3.63) is 93.7 Å². The van der Waals surface area contributed by atoms with Gasteiger partial charge in [-0.2, -0.15) is 0 Å². The first-order valence-electron chi connectivity index (χ1n) is 9.14. The molecule has 2 heterocycles. The third-order valence-corrected chi connectivity index (χ3v) is 5.50. The van der Waals surface area contributed by atoms with Gasteiger partial charge in [0.2, 0.25) is 0 Å². The number of benzene rings is 2. The molecule has 4 rings (SSSR count). The molecule has 0 saturated carbocycles. The highest BCUT2D eigenvalue weighted by molar-refractivity contribution is 7.12. The van der Waals surface area contributed by atoms with Gasteiger partial charge in [0, 0.05) is 13.0 Å². The Labute approximate surface area is 171 Å². The van der Waals surface area contributed by atoms with E-state index in [2.05, 4.69) is 5.16 Å².